The van der Waals surface area contributed by atoms with E-state index in [0.29, 0.717) is 0 Å². The molecule has 0 aromatic rings. The van der Waals surface area contributed by atoms with E-state index < -0.39 is 11.3 Å². The first-order valence-electron chi connectivity index (χ1n) is 1.93. The van der Waals surface area contributed by atoms with E-state index in [0.717, 1.165) is 6.08 Å². The van der Waals surface area contributed by atoms with Gasteiger partial charge in [-0.05, 0) is 6.08 Å². The van der Waals surface area contributed by atoms with Crippen LogP contribution in [0.15, 0.2) is 10.6 Å². The third kappa shape index (κ3) is 4.58. The van der Waals surface area contributed by atoms with Crippen LogP contribution < -0.4 is 0 Å². The van der Waals surface area contributed by atoms with Gasteiger partial charge in [0, 0.05) is 0 Å². The Kier molecular flexibility index (Phi) is 4.02. The number of aliphatic carboxylic acids is 1. The first-order chi connectivity index (χ1) is 4.04. The van der Waals surface area contributed by atoms with Crippen molar-refractivity contribution in [2.75, 3.05) is 0 Å². The molecule has 0 aromatic heterocycles. The summed E-state index contributed by atoms with van der Waals surface area (Å²) in [6, 6.07) is 0. The van der Waals surface area contributed by atoms with Crippen molar-refractivity contribution in [2.24, 2.45) is 0 Å². The van der Waals surface area contributed by atoms with Crippen LogP contribution in [-0.4, -0.2) is 16.5 Å². The van der Waals surface area contributed by atoms with Gasteiger partial charge < -0.3 is 5.11 Å². The fraction of sp³-hybridized carbons (Fsp3) is 0.250. The summed E-state index contributed by atoms with van der Waals surface area (Å²) in [5.74, 6) is -1.17. The van der Waals surface area contributed by atoms with Crippen LogP contribution in [0.3, 0.4) is 0 Å². The number of rotatable bonds is 2. The maximum Gasteiger partial charge on any atom is 0.325 e. The van der Waals surface area contributed by atoms with Crippen molar-refractivity contribution in [1.29, 1.82) is 0 Å². The molecule has 52 valence electrons. The van der Waals surface area contributed by atoms with Gasteiger partial charge in [-0.25, -0.2) is 0 Å². The first-order valence-corrected chi connectivity index (χ1v) is 3.13. The van der Waals surface area contributed by atoms with Crippen molar-refractivity contribution in [3.05, 3.63) is 10.6 Å². The summed E-state index contributed by atoms with van der Waals surface area (Å²) in [5.41, 5.74) is 0. The highest BCUT2D eigenvalue weighted by atomic mass is 35.5. The van der Waals surface area contributed by atoms with Crippen LogP contribution in [0.1, 0.15) is 0 Å². The number of hydrogen-bond donors (Lipinski definition) is 1. The Morgan fingerprint density at radius 1 is 1.56 bits per heavy atom. The number of halogens is 3. The fourth-order valence-corrected chi connectivity index (χ4v) is 0.689. The summed E-state index contributed by atoms with van der Waals surface area (Å²) in [4.78, 5) is 9.94. The van der Waals surface area contributed by atoms with Crippen LogP contribution in [0.5, 0.6) is 0 Å². The summed E-state index contributed by atoms with van der Waals surface area (Å²) in [6.07, 6.45) is 1.02. The van der Waals surface area contributed by atoms with Gasteiger partial charge in [0.2, 0.25) is 0 Å². The minimum Gasteiger partial charge on any atom is -0.480 e. The number of carboxylic acid groups (broad SMARTS) is 1. The summed E-state index contributed by atoms with van der Waals surface area (Å²) in [6.45, 7) is 0. The quantitative estimate of drug-likeness (QED) is 0.675. The van der Waals surface area contributed by atoms with Crippen molar-refractivity contribution < 1.29 is 9.90 Å². The number of alkyl halides is 1. The van der Waals surface area contributed by atoms with Crippen molar-refractivity contribution >= 4 is 40.8 Å². The molecule has 0 aliphatic heterocycles. The van der Waals surface area contributed by atoms with E-state index in [1.807, 2.05) is 0 Å². The summed E-state index contributed by atoms with van der Waals surface area (Å²) in [7, 11) is 0. The minimum absolute atomic E-state index is 0.141. The second-order valence-electron chi connectivity index (χ2n) is 1.20. The molecule has 9 heavy (non-hydrogen) atoms. The highest BCUT2D eigenvalue weighted by Gasteiger charge is 2.09. The lowest BCUT2D eigenvalue weighted by molar-refractivity contribution is -0.135. The number of hydrogen-bond acceptors (Lipinski definition) is 1. The first kappa shape index (κ1) is 9.08. The molecule has 0 rings (SSSR count). The zero-order valence-electron chi connectivity index (χ0n) is 4.14. The number of carboxylic acids is 1. The molecule has 1 N–H and O–H groups in total. The molecule has 2 nitrogen and oxygen atoms in total. The second-order valence-corrected chi connectivity index (χ2v) is 2.67. The van der Waals surface area contributed by atoms with Gasteiger partial charge in [0.1, 0.15) is 4.49 Å². The second kappa shape index (κ2) is 3.99. The topological polar surface area (TPSA) is 37.3 Å². The Morgan fingerprint density at radius 3 is 2.11 bits per heavy atom. The summed E-state index contributed by atoms with van der Waals surface area (Å²) < 4.78 is -0.141. The zero-order chi connectivity index (χ0) is 7.44. The third-order valence-electron chi connectivity index (χ3n) is 0.508. The predicted octanol–water partition coefficient (Wildman–Crippen LogP) is 2.00. The van der Waals surface area contributed by atoms with E-state index >= 15 is 0 Å². The molecule has 0 saturated heterocycles. The van der Waals surface area contributed by atoms with Crippen molar-refractivity contribution in [2.45, 2.75) is 5.38 Å². The Balaban J connectivity index is 3.91. The lowest BCUT2D eigenvalue weighted by atomic mass is 10.4. The lowest BCUT2D eigenvalue weighted by Gasteiger charge is -1.92. The molecule has 1 atom stereocenters. The summed E-state index contributed by atoms with van der Waals surface area (Å²) >= 11 is 15.4. The highest BCUT2D eigenvalue weighted by molar-refractivity contribution is 6.56. The molecule has 0 aliphatic rings. The molecule has 0 aromatic carbocycles. The van der Waals surface area contributed by atoms with E-state index in [2.05, 4.69) is 0 Å². The van der Waals surface area contributed by atoms with Crippen LogP contribution in [0, 0.1) is 0 Å². The van der Waals surface area contributed by atoms with E-state index in [9.17, 15) is 4.79 Å². The monoisotopic (exact) mass is 188 g/mol. The standard InChI is InChI=1S/C4H3Cl3O2/c5-2(4(8)9)1-3(6)7/h1-2H,(H,8,9). The smallest absolute Gasteiger partial charge is 0.325 e. The molecular formula is C4H3Cl3O2. The van der Waals surface area contributed by atoms with E-state index in [4.69, 9.17) is 39.9 Å². The van der Waals surface area contributed by atoms with Gasteiger partial charge in [-0.2, -0.15) is 0 Å². The maximum atomic E-state index is 9.94. The lowest BCUT2D eigenvalue weighted by Crippen LogP contribution is -2.09. The molecule has 0 spiro atoms. The van der Waals surface area contributed by atoms with Gasteiger partial charge >= 0.3 is 5.97 Å². The van der Waals surface area contributed by atoms with Gasteiger partial charge in [0.25, 0.3) is 0 Å². The zero-order valence-corrected chi connectivity index (χ0v) is 6.41. The molecule has 0 saturated carbocycles. The van der Waals surface area contributed by atoms with Gasteiger partial charge in [-0.3, -0.25) is 4.79 Å². The van der Waals surface area contributed by atoms with Crippen molar-refractivity contribution in [1.82, 2.24) is 0 Å². The van der Waals surface area contributed by atoms with E-state index in [1.54, 1.807) is 0 Å². The molecule has 0 aliphatic carbocycles. The molecule has 0 amide bonds. The van der Waals surface area contributed by atoms with E-state index in [1.165, 1.54) is 0 Å². The Bertz CT molecular complexity index is 139. The normalized spacial score (nSPS) is 12.3. The average Bonchev–Trinajstić information content (AvgIpc) is 1.63. The fourth-order valence-electron chi connectivity index (χ4n) is 0.182. The van der Waals surface area contributed by atoms with Crippen LogP contribution in [-0.2, 0) is 4.79 Å². The van der Waals surface area contributed by atoms with Gasteiger partial charge in [-0.15, -0.1) is 11.6 Å². The largest absolute Gasteiger partial charge is 0.480 e. The third-order valence-corrected chi connectivity index (χ3v) is 1.07. The minimum atomic E-state index is -1.17. The van der Waals surface area contributed by atoms with Crippen LogP contribution in [0.4, 0.5) is 0 Å². The molecule has 0 heterocycles. The average molecular weight is 189 g/mol. The molecule has 0 bridgehead atoms. The Labute approximate surface area is 67.0 Å². The summed E-state index contributed by atoms with van der Waals surface area (Å²) in [5, 5.41) is 6.99. The number of carbonyl (C=O) groups is 1. The van der Waals surface area contributed by atoms with E-state index in [-0.39, 0.29) is 4.49 Å². The molecule has 0 radical (unpaired) electrons. The van der Waals surface area contributed by atoms with Gasteiger partial charge in [-0.1, -0.05) is 23.2 Å². The van der Waals surface area contributed by atoms with Crippen LogP contribution in [0.25, 0.3) is 0 Å². The molecule has 0 fully saturated rings. The highest BCUT2D eigenvalue weighted by Crippen LogP contribution is 2.10. The molecular weight excluding hydrogens is 186 g/mol. The maximum absolute atomic E-state index is 9.94. The van der Waals surface area contributed by atoms with Crippen molar-refractivity contribution in [3.63, 3.8) is 0 Å². The molecule has 1 unspecified atom stereocenters. The van der Waals surface area contributed by atoms with Crippen molar-refractivity contribution in [3.8, 4) is 0 Å². The molecule has 5 heteroatoms. The van der Waals surface area contributed by atoms with Gasteiger partial charge in [0.05, 0.1) is 0 Å². The predicted molar refractivity (Wildman–Crippen MR) is 37.1 cm³/mol. The Hall–Kier alpha value is 0.0800. The Morgan fingerprint density at radius 2 is 2.00 bits per heavy atom. The van der Waals surface area contributed by atoms with Crippen LogP contribution in [0.2, 0.25) is 0 Å². The SMILES string of the molecule is O=C(O)C(Cl)C=C(Cl)Cl. The van der Waals surface area contributed by atoms with Gasteiger partial charge in [0.15, 0.2) is 5.38 Å². The van der Waals surface area contributed by atoms with Crippen LogP contribution >= 0.6 is 34.8 Å².